The Bertz CT molecular complexity index is 4260. The molecule has 14 aromatic carbocycles. The van der Waals surface area contributed by atoms with Crippen molar-refractivity contribution < 1.29 is 0 Å². The van der Waals surface area contributed by atoms with Crippen LogP contribution in [0.25, 0.3) is 33.4 Å². The molecule has 0 bridgehead atoms. The van der Waals surface area contributed by atoms with Crippen LogP contribution in [-0.4, -0.2) is 16.1 Å². The molecule has 0 heterocycles. The van der Waals surface area contributed by atoms with Crippen LogP contribution in [0.3, 0.4) is 0 Å². The second-order valence-corrected chi connectivity index (χ2v) is 32.0. The topological polar surface area (TPSA) is 6.48 Å². The highest BCUT2D eigenvalue weighted by Gasteiger charge is 2.43. The molecule has 0 amide bonds. The molecular formula is C87H68N2Si2. The zero-order valence-electron chi connectivity index (χ0n) is 51.2. The van der Waals surface area contributed by atoms with Crippen molar-refractivity contribution in [1.82, 2.24) is 0 Å². The predicted molar refractivity (Wildman–Crippen MR) is 391 cm³/mol. The summed E-state index contributed by atoms with van der Waals surface area (Å²) < 4.78 is 0. The van der Waals surface area contributed by atoms with Crippen LogP contribution in [0, 0.1) is 0 Å². The fourth-order valence-electron chi connectivity index (χ4n) is 14.6. The van der Waals surface area contributed by atoms with Crippen LogP contribution in [-0.2, 0) is 5.41 Å². The van der Waals surface area contributed by atoms with Crippen LogP contribution in [0.1, 0.15) is 25.0 Å². The second kappa shape index (κ2) is 24.2. The summed E-state index contributed by atoms with van der Waals surface area (Å²) in [5.74, 6) is 0. The lowest BCUT2D eigenvalue weighted by molar-refractivity contribution is 0.660. The quantitative estimate of drug-likeness (QED) is 0.0703. The van der Waals surface area contributed by atoms with Gasteiger partial charge in [-0.15, -0.1) is 0 Å². The maximum atomic E-state index is 2.46. The molecule has 0 saturated carbocycles. The van der Waals surface area contributed by atoms with Crippen LogP contribution >= 0.6 is 0 Å². The third kappa shape index (κ3) is 10.2. The molecule has 0 atom stereocenters. The summed E-state index contributed by atoms with van der Waals surface area (Å²) in [6, 6.07) is 140. The molecule has 0 aliphatic heterocycles. The number of hydrogen-bond acceptors (Lipinski definition) is 2. The fraction of sp³-hybridized carbons (Fsp3) is 0.0345. The highest BCUT2D eigenvalue weighted by molar-refractivity contribution is 7.20. The molecule has 15 rings (SSSR count). The van der Waals surface area contributed by atoms with Gasteiger partial charge in [0.1, 0.15) is 0 Å². The molecule has 0 aromatic heterocycles. The molecule has 0 unspecified atom stereocenters. The highest BCUT2D eigenvalue weighted by Crippen LogP contribution is 2.52. The standard InChI is InChI=1S/C87H68N2Si2/c1-87(2)85-63-73(88(69-47-43-67(44-48-69)65-27-11-3-12-28-65)71-51-57-81(58-52-71)90(75-31-15-5-16-32-75,76-33-17-6-18-34-76)77-35-19-7-20-36-77)55-61-83(85)84-62-56-74(64-86(84)87)89(70-49-45-68(46-50-70)66-29-13-4-14-30-66)72-53-59-82(60-54-72)91(78-37-21-8-22-38-78,79-39-23-9-24-40-79)80-41-25-10-26-42-80/h3-64H,1-2H3. The Hall–Kier alpha value is -10.9. The fourth-order valence-corrected chi connectivity index (χ4v) is 24.1. The molecule has 0 spiro atoms. The Labute approximate surface area is 538 Å². The smallest absolute Gasteiger partial charge is 0.179 e. The summed E-state index contributed by atoms with van der Waals surface area (Å²) in [4.78, 5) is 4.91. The van der Waals surface area contributed by atoms with Crippen LogP contribution in [0.4, 0.5) is 34.1 Å². The van der Waals surface area contributed by atoms with Gasteiger partial charge in [0, 0.05) is 39.5 Å². The molecule has 0 radical (unpaired) electrons. The Kier molecular flexibility index (Phi) is 15.1. The number of nitrogens with zero attached hydrogens (tertiary/aromatic N) is 2. The molecule has 0 fully saturated rings. The molecular weight excluding hydrogens is 1130 g/mol. The minimum Gasteiger partial charge on any atom is -0.310 e. The minimum atomic E-state index is -2.77. The van der Waals surface area contributed by atoms with E-state index in [1.165, 1.54) is 86.0 Å². The molecule has 14 aromatic rings. The van der Waals surface area contributed by atoms with Crippen LogP contribution in [0.15, 0.2) is 376 Å². The summed E-state index contributed by atoms with van der Waals surface area (Å²) >= 11 is 0. The number of anilines is 6. The van der Waals surface area contributed by atoms with E-state index >= 15 is 0 Å². The summed E-state index contributed by atoms with van der Waals surface area (Å²) in [6.45, 7) is 4.82. The summed E-state index contributed by atoms with van der Waals surface area (Å²) in [5, 5.41) is 10.8. The highest BCUT2D eigenvalue weighted by atomic mass is 28.3. The molecule has 1 aliphatic rings. The summed E-state index contributed by atoms with van der Waals surface area (Å²) in [5.41, 5.74) is 16.1. The summed E-state index contributed by atoms with van der Waals surface area (Å²) in [7, 11) is -5.55. The van der Waals surface area contributed by atoms with E-state index < -0.39 is 16.1 Å². The molecule has 0 saturated heterocycles. The van der Waals surface area contributed by atoms with E-state index in [0.717, 1.165) is 34.1 Å². The first-order chi connectivity index (χ1) is 44.9. The molecule has 4 heteroatoms. The van der Waals surface area contributed by atoms with E-state index in [2.05, 4.69) is 400 Å². The number of hydrogen-bond donors (Lipinski definition) is 0. The Morgan fingerprint density at radius 2 is 0.396 bits per heavy atom. The van der Waals surface area contributed by atoms with Crippen molar-refractivity contribution in [3.8, 4) is 33.4 Å². The molecule has 2 nitrogen and oxygen atoms in total. The van der Waals surface area contributed by atoms with Crippen LogP contribution in [0.2, 0.25) is 0 Å². The van der Waals surface area contributed by atoms with Crippen molar-refractivity contribution in [1.29, 1.82) is 0 Å². The normalized spacial score (nSPS) is 12.4. The zero-order chi connectivity index (χ0) is 61.2. The lowest BCUT2D eigenvalue weighted by atomic mass is 9.82. The maximum absolute atomic E-state index is 2.77. The van der Waals surface area contributed by atoms with Crippen molar-refractivity contribution >= 4 is 91.8 Å². The second-order valence-electron chi connectivity index (χ2n) is 24.4. The first-order valence-corrected chi connectivity index (χ1v) is 35.6. The van der Waals surface area contributed by atoms with Crippen molar-refractivity contribution in [2.75, 3.05) is 9.80 Å². The van der Waals surface area contributed by atoms with E-state index in [1.807, 2.05) is 0 Å². The van der Waals surface area contributed by atoms with E-state index in [1.54, 1.807) is 0 Å². The number of rotatable bonds is 16. The lowest BCUT2D eigenvalue weighted by Gasteiger charge is -2.35. The number of fused-ring (bicyclic) bond motifs is 3. The van der Waals surface area contributed by atoms with Gasteiger partial charge in [-0.3, -0.25) is 0 Å². The molecule has 91 heavy (non-hydrogen) atoms. The van der Waals surface area contributed by atoms with Gasteiger partial charge in [-0.2, -0.15) is 0 Å². The Balaban J connectivity index is 0.842. The van der Waals surface area contributed by atoms with Gasteiger partial charge in [0.25, 0.3) is 0 Å². The van der Waals surface area contributed by atoms with E-state index in [-0.39, 0.29) is 5.41 Å². The first kappa shape index (κ1) is 56.6. The van der Waals surface area contributed by atoms with Crippen LogP contribution < -0.4 is 51.3 Å². The molecule has 1 aliphatic carbocycles. The lowest BCUT2D eigenvalue weighted by Crippen LogP contribution is -2.74. The van der Waals surface area contributed by atoms with Gasteiger partial charge in [0.15, 0.2) is 16.1 Å². The zero-order valence-corrected chi connectivity index (χ0v) is 53.2. The van der Waals surface area contributed by atoms with Gasteiger partial charge in [-0.05, 0) is 159 Å². The summed E-state index contributed by atoms with van der Waals surface area (Å²) in [6.07, 6.45) is 0. The Morgan fingerprint density at radius 1 is 0.198 bits per heavy atom. The van der Waals surface area contributed by atoms with Gasteiger partial charge in [0.05, 0.1) is 0 Å². The third-order valence-electron chi connectivity index (χ3n) is 19.0. The van der Waals surface area contributed by atoms with Crippen LogP contribution in [0.5, 0.6) is 0 Å². The van der Waals surface area contributed by atoms with Crippen molar-refractivity contribution in [2.24, 2.45) is 0 Å². The van der Waals surface area contributed by atoms with E-state index in [0.29, 0.717) is 0 Å². The van der Waals surface area contributed by atoms with Gasteiger partial charge in [-0.1, -0.05) is 317 Å². The largest absolute Gasteiger partial charge is 0.310 e. The molecule has 434 valence electrons. The SMILES string of the molecule is CC1(C)c2cc(N(c3ccc(-c4ccccc4)cc3)c3ccc([Si](c4ccccc4)(c4ccccc4)c4ccccc4)cc3)ccc2-c2ccc(N(c3ccc(-c4ccccc4)cc3)c3ccc([Si](c4ccccc4)(c4ccccc4)c4ccccc4)cc3)cc21. The third-order valence-corrected chi connectivity index (χ3v) is 28.6. The average molecular weight is 1200 g/mol. The van der Waals surface area contributed by atoms with Crippen molar-refractivity contribution in [3.63, 3.8) is 0 Å². The van der Waals surface area contributed by atoms with Gasteiger partial charge < -0.3 is 9.80 Å². The van der Waals surface area contributed by atoms with E-state index in [4.69, 9.17) is 0 Å². The van der Waals surface area contributed by atoms with Crippen molar-refractivity contribution in [2.45, 2.75) is 19.3 Å². The van der Waals surface area contributed by atoms with Crippen molar-refractivity contribution in [3.05, 3.63) is 387 Å². The minimum absolute atomic E-state index is 0.353. The van der Waals surface area contributed by atoms with Gasteiger partial charge in [-0.25, -0.2) is 0 Å². The van der Waals surface area contributed by atoms with Gasteiger partial charge in [0.2, 0.25) is 0 Å². The maximum Gasteiger partial charge on any atom is 0.179 e. The monoisotopic (exact) mass is 1200 g/mol. The van der Waals surface area contributed by atoms with Gasteiger partial charge >= 0.3 is 0 Å². The van der Waals surface area contributed by atoms with E-state index in [9.17, 15) is 0 Å². The predicted octanol–water partition coefficient (Wildman–Crippen LogP) is 17.0. The number of benzene rings is 14. The Morgan fingerprint density at radius 3 is 0.648 bits per heavy atom. The average Bonchev–Trinajstić information content (AvgIpc) is 1.73. The first-order valence-electron chi connectivity index (χ1n) is 31.6. The molecule has 0 N–H and O–H groups in total.